The lowest BCUT2D eigenvalue weighted by Gasteiger charge is -2.30. The third-order valence-corrected chi connectivity index (χ3v) is 4.03. The first kappa shape index (κ1) is 15.8. The van der Waals surface area contributed by atoms with Gasteiger partial charge in [0.05, 0.1) is 0 Å². The summed E-state index contributed by atoms with van der Waals surface area (Å²) in [5.41, 5.74) is -0.190. The Morgan fingerprint density at radius 3 is 1.71 bits per heavy atom. The monoisotopic (exact) mass is 320 g/mol. The zero-order chi connectivity index (χ0) is 17.2. The van der Waals surface area contributed by atoms with Crippen molar-refractivity contribution in [1.82, 2.24) is 0 Å². The van der Waals surface area contributed by atoms with Crippen LogP contribution in [0.25, 0.3) is 0 Å². The molecule has 0 aliphatic carbocycles. The number of hydrogen-bond donors (Lipinski definition) is 3. The number of benzene rings is 3. The van der Waals surface area contributed by atoms with Crippen LogP contribution in [0.15, 0.2) is 78.9 Å². The lowest BCUT2D eigenvalue weighted by atomic mass is 9.80. The first-order chi connectivity index (χ1) is 11.5. The Kier molecular flexibility index (Phi) is 4.06. The molecule has 3 aromatic carbocycles. The lowest BCUT2D eigenvalue weighted by molar-refractivity contribution is 0.0693. The number of hydrogen-bond acceptors (Lipinski definition) is 3. The molecule has 0 spiro atoms. The topological polar surface area (TPSA) is 77.8 Å². The summed E-state index contributed by atoms with van der Waals surface area (Å²) in [6, 6.07) is 22.1. The molecule has 0 amide bonds. The standard InChI is InChI=1S/C20H16O4/c21-18-12-11-16(13-17(18)19(22)23)20(24,14-7-3-1-4-8-14)15-9-5-2-6-10-15/h1-13,21,24H,(H,22,23). The molecule has 24 heavy (non-hydrogen) atoms. The molecule has 3 N–H and O–H groups in total. The van der Waals surface area contributed by atoms with E-state index in [-0.39, 0.29) is 11.3 Å². The van der Waals surface area contributed by atoms with E-state index in [1.165, 1.54) is 18.2 Å². The molecule has 3 aromatic rings. The number of phenols is 1. The molecule has 0 saturated carbocycles. The van der Waals surface area contributed by atoms with Crippen molar-refractivity contribution in [2.45, 2.75) is 5.60 Å². The van der Waals surface area contributed by atoms with E-state index in [1.54, 1.807) is 24.3 Å². The van der Waals surface area contributed by atoms with Crippen molar-refractivity contribution in [3.05, 3.63) is 101 Å². The van der Waals surface area contributed by atoms with Gasteiger partial charge in [-0.25, -0.2) is 4.79 Å². The summed E-state index contributed by atoms with van der Waals surface area (Å²) >= 11 is 0. The maximum absolute atomic E-state index is 11.5. The largest absolute Gasteiger partial charge is 0.507 e. The molecule has 0 heterocycles. The highest BCUT2D eigenvalue weighted by Gasteiger charge is 2.34. The zero-order valence-electron chi connectivity index (χ0n) is 12.8. The van der Waals surface area contributed by atoms with Crippen molar-refractivity contribution in [1.29, 1.82) is 0 Å². The minimum Gasteiger partial charge on any atom is -0.507 e. The second-order valence-corrected chi connectivity index (χ2v) is 5.48. The highest BCUT2D eigenvalue weighted by molar-refractivity contribution is 5.91. The van der Waals surface area contributed by atoms with Gasteiger partial charge in [-0.2, -0.15) is 0 Å². The summed E-state index contributed by atoms with van der Waals surface area (Å²) < 4.78 is 0. The third-order valence-electron chi connectivity index (χ3n) is 4.03. The van der Waals surface area contributed by atoms with E-state index in [9.17, 15) is 20.1 Å². The summed E-state index contributed by atoms with van der Waals surface area (Å²) in [6.07, 6.45) is 0. The van der Waals surface area contributed by atoms with E-state index in [0.29, 0.717) is 16.7 Å². The van der Waals surface area contributed by atoms with Crippen LogP contribution in [-0.4, -0.2) is 21.3 Å². The van der Waals surface area contributed by atoms with E-state index in [2.05, 4.69) is 0 Å². The first-order valence-corrected chi connectivity index (χ1v) is 7.43. The van der Waals surface area contributed by atoms with Crippen molar-refractivity contribution >= 4 is 5.97 Å². The molecule has 0 atom stereocenters. The van der Waals surface area contributed by atoms with Crippen molar-refractivity contribution < 1.29 is 20.1 Å². The predicted octanol–water partition coefficient (Wildman–Crippen LogP) is 3.37. The van der Waals surface area contributed by atoms with Gasteiger partial charge in [-0.05, 0) is 28.8 Å². The molecule has 0 aliphatic heterocycles. The second-order valence-electron chi connectivity index (χ2n) is 5.48. The molecular weight excluding hydrogens is 304 g/mol. The molecule has 120 valence electrons. The van der Waals surface area contributed by atoms with E-state index in [4.69, 9.17) is 0 Å². The Bertz CT molecular complexity index is 818. The van der Waals surface area contributed by atoms with Crippen LogP contribution in [0.2, 0.25) is 0 Å². The number of carboxylic acid groups (broad SMARTS) is 1. The van der Waals surface area contributed by atoms with Crippen molar-refractivity contribution in [3.8, 4) is 5.75 Å². The third kappa shape index (κ3) is 2.64. The van der Waals surface area contributed by atoms with Gasteiger partial charge in [0, 0.05) is 0 Å². The number of aliphatic hydroxyl groups is 1. The summed E-state index contributed by atoms with van der Waals surface area (Å²) in [7, 11) is 0. The number of carbonyl (C=O) groups is 1. The Hall–Kier alpha value is -3.11. The quantitative estimate of drug-likeness (QED) is 0.644. The van der Waals surface area contributed by atoms with Gasteiger partial charge < -0.3 is 15.3 Å². The lowest BCUT2D eigenvalue weighted by Crippen LogP contribution is -2.29. The number of aromatic hydroxyl groups is 1. The predicted molar refractivity (Wildman–Crippen MR) is 90.1 cm³/mol. The minimum atomic E-state index is -1.53. The summed E-state index contributed by atoms with van der Waals surface area (Å²) in [6.45, 7) is 0. The second kappa shape index (κ2) is 6.18. The normalized spacial score (nSPS) is 11.2. The van der Waals surface area contributed by atoms with Crippen LogP contribution in [0.5, 0.6) is 5.75 Å². The van der Waals surface area contributed by atoms with Gasteiger partial charge in [-0.1, -0.05) is 66.7 Å². The number of aromatic carboxylic acids is 1. The van der Waals surface area contributed by atoms with E-state index in [0.717, 1.165) is 0 Å². The highest BCUT2D eigenvalue weighted by Crippen LogP contribution is 2.38. The average molecular weight is 320 g/mol. The van der Waals surface area contributed by atoms with Crippen LogP contribution in [0, 0.1) is 0 Å². The highest BCUT2D eigenvalue weighted by atomic mass is 16.4. The molecule has 0 fully saturated rings. The number of carboxylic acids is 1. The Morgan fingerprint density at radius 1 is 0.750 bits per heavy atom. The van der Waals surface area contributed by atoms with Crippen LogP contribution in [0.1, 0.15) is 27.0 Å². The van der Waals surface area contributed by atoms with Gasteiger partial charge in [-0.3, -0.25) is 0 Å². The zero-order valence-corrected chi connectivity index (χ0v) is 12.8. The van der Waals surface area contributed by atoms with Crippen LogP contribution >= 0.6 is 0 Å². The van der Waals surface area contributed by atoms with Crippen molar-refractivity contribution in [2.75, 3.05) is 0 Å². The van der Waals surface area contributed by atoms with Gasteiger partial charge in [0.25, 0.3) is 0 Å². The van der Waals surface area contributed by atoms with Gasteiger partial charge in [0.1, 0.15) is 16.9 Å². The van der Waals surface area contributed by atoms with E-state index < -0.39 is 11.6 Å². The molecule has 0 aliphatic rings. The van der Waals surface area contributed by atoms with E-state index >= 15 is 0 Å². The molecule has 4 heteroatoms. The fourth-order valence-corrected chi connectivity index (χ4v) is 2.79. The molecule has 0 saturated heterocycles. The average Bonchev–Trinajstić information content (AvgIpc) is 2.62. The molecule has 0 unspecified atom stereocenters. The maximum atomic E-state index is 11.5. The van der Waals surface area contributed by atoms with Crippen LogP contribution < -0.4 is 0 Å². The summed E-state index contributed by atoms with van der Waals surface area (Å²) in [5.74, 6) is -1.59. The molecule has 0 aromatic heterocycles. The van der Waals surface area contributed by atoms with Crippen molar-refractivity contribution in [2.24, 2.45) is 0 Å². The SMILES string of the molecule is O=C(O)c1cc(C(O)(c2ccccc2)c2ccccc2)ccc1O. The fraction of sp³-hybridized carbons (Fsp3) is 0.0500. The smallest absolute Gasteiger partial charge is 0.339 e. The fourth-order valence-electron chi connectivity index (χ4n) is 2.79. The van der Waals surface area contributed by atoms with Crippen LogP contribution in [0.4, 0.5) is 0 Å². The van der Waals surface area contributed by atoms with E-state index in [1.807, 2.05) is 36.4 Å². The molecular formula is C20H16O4. The Morgan fingerprint density at radius 2 is 1.25 bits per heavy atom. The first-order valence-electron chi connectivity index (χ1n) is 7.43. The summed E-state index contributed by atoms with van der Waals surface area (Å²) in [5, 5.41) is 30.6. The molecule has 0 bridgehead atoms. The maximum Gasteiger partial charge on any atom is 0.339 e. The van der Waals surface area contributed by atoms with Crippen LogP contribution in [-0.2, 0) is 5.60 Å². The van der Waals surface area contributed by atoms with Gasteiger partial charge >= 0.3 is 5.97 Å². The van der Waals surface area contributed by atoms with Gasteiger partial charge in [-0.15, -0.1) is 0 Å². The Balaban J connectivity index is 2.27. The molecule has 3 rings (SSSR count). The van der Waals surface area contributed by atoms with Gasteiger partial charge in [0.15, 0.2) is 0 Å². The Labute approximate surface area is 139 Å². The van der Waals surface area contributed by atoms with Crippen LogP contribution in [0.3, 0.4) is 0 Å². The molecule has 0 radical (unpaired) electrons. The molecule has 4 nitrogen and oxygen atoms in total. The van der Waals surface area contributed by atoms with Crippen molar-refractivity contribution in [3.63, 3.8) is 0 Å². The van der Waals surface area contributed by atoms with Gasteiger partial charge in [0.2, 0.25) is 0 Å². The number of rotatable bonds is 4. The minimum absolute atomic E-state index is 0.252. The summed E-state index contributed by atoms with van der Waals surface area (Å²) in [4.78, 5) is 11.3.